The van der Waals surface area contributed by atoms with Crippen molar-refractivity contribution in [2.45, 2.75) is 13.5 Å². The molecule has 0 aliphatic carbocycles. The Labute approximate surface area is 106 Å². The number of carbonyl (C=O) groups excluding carboxylic acids is 1. The molecule has 4 heteroatoms. The van der Waals surface area contributed by atoms with Gasteiger partial charge in [0.15, 0.2) is 0 Å². The van der Waals surface area contributed by atoms with Crippen LogP contribution in [0.15, 0.2) is 36.5 Å². The molecule has 0 spiro atoms. The lowest BCUT2D eigenvalue weighted by Gasteiger charge is -2.08. The second-order valence-electron chi connectivity index (χ2n) is 4.15. The van der Waals surface area contributed by atoms with Gasteiger partial charge in [-0.05, 0) is 17.7 Å². The summed E-state index contributed by atoms with van der Waals surface area (Å²) in [7, 11) is 0. The van der Waals surface area contributed by atoms with Gasteiger partial charge in [0, 0.05) is 38.1 Å². The van der Waals surface area contributed by atoms with Crippen molar-refractivity contribution < 1.29 is 4.79 Å². The van der Waals surface area contributed by atoms with Crippen molar-refractivity contribution >= 4 is 16.8 Å². The van der Waals surface area contributed by atoms with E-state index in [1.165, 1.54) is 17.9 Å². The summed E-state index contributed by atoms with van der Waals surface area (Å²) in [5, 5.41) is 7.24. The summed E-state index contributed by atoms with van der Waals surface area (Å²) in [6, 6.07) is 10.1. The van der Waals surface area contributed by atoms with E-state index >= 15 is 0 Å². The zero-order valence-corrected chi connectivity index (χ0v) is 10.4. The second kappa shape index (κ2) is 6.12. The first-order valence-corrected chi connectivity index (χ1v) is 6.05. The summed E-state index contributed by atoms with van der Waals surface area (Å²) in [5.74, 6) is 0.00570. The Balaban J connectivity index is 1.93. The van der Waals surface area contributed by atoms with Gasteiger partial charge in [0.05, 0.1) is 5.52 Å². The van der Waals surface area contributed by atoms with E-state index in [0.717, 1.165) is 18.6 Å². The van der Waals surface area contributed by atoms with Crippen LogP contribution >= 0.6 is 0 Å². The third kappa shape index (κ3) is 3.28. The molecule has 0 aliphatic rings. The molecular formula is C14H17N3O. The van der Waals surface area contributed by atoms with Gasteiger partial charge in [-0.2, -0.15) is 0 Å². The number of nitrogens with zero attached hydrogens (tertiary/aromatic N) is 1. The highest BCUT2D eigenvalue weighted by atomic mass is 16.1. The van der Waals surface area contributed by atoms with E-state index in [0.29, 0.717) is 6.54 Å². The predicted molar refractivity (Wildman–Crippen MR) is 72.1 cm³/mol. The fraction of sp³-hybridized carbons (Fsp3) is 0.286. The molecule has 0 saturated carbocycles. The molecule has 0 saturated heterocycles. The number of benzene rings is 1. The van der Waals surface area contributed by atoms with E-state index in [4.69, 9.17) is 0 Å². The molecule has 18 heavy (non-hydrogen) atoms. The molecule has 0 atom stereocenters. The lowest BCUT2D eigenvalue weighted by molar-refractivity contribution is -0.118. The van der Waals surface area contributed by atoms with Crippen molar-refractivity contribution in [3.05, 3.63) is 42.1 Å². The van der Waals surface area contributed by atoms with Crippen LogP contribution in [0.5, 0.6) is 0 Å². The van der Waals surface area contributed by atoms with Gasteiger partial charge >= 0.3 is 0 Å². The molecule has 2 rings (SSSR count). The summed E-state index contributed by atoms with van der Waals surface area (Å²) in [6.45, 7) is 3.72. The fourth-order valence-electron chi connectivity index (χ4n) is 1.86. The first-order valence-electron chi connectivity index (χ1n) is 6.05. The Bertz CT molecular complexity index is 534. The van der Waals surface area contributed by atoms with Gasteiger partial charge in [-0.25, -0.2) is 0 Å². The molecular weight excluding hydrogens is 226 g/mol. The smallest absolute Gasteiger partial charge is 0.216 e. The van der Waals surface area contributed by atoms with Gasteiger partial charge in [0.2, 0.25) is 5.91 Å². The van der Waals surface area contributed by atoms with Crippen LogP contribution in [0.1, 0.15) is 12.5 Å². The lowest BCUT2D eigenvalue weighted by atomic mass is 10.1. The number of fused-ring (bicyclic) bond motifs is 1. The van der Waals surface area contributed by atoms with Crippen LogP contribution in [-0.2, 0) is 11.3 Å². The number of nitrogens with one attached hydrogen (secondary N) is 2. The largest absolute Gasteiger partial charge is 0.355 e. The van der Waals surface area contributed by atoms with Crippen molar-refractivity contribution in [2.24, 2.45) is 0 Å². The van der Waals surface area contributed by atoms with Crippen LogP contribution in [0.2, 0.25) is 0 Å². The van der Waals surface area contributed by atoms with Gasteiger partial charge in [-0.15, -0.1) is 0 Å². The number of aromatic nitrogens is 1. The molecule has 0 fully saturated rings. The molecule has 94 valence electrons. The monoisotopic (exact) mass is 243 g/mol. The van der Waals surface area contributed by atoms with Crippen molar-refractivity contribution in [1.82, 2.24) is 15.6 Å². The van der Waals surface area contributed by atoms with Crippen LogP contribution in [0.4, 0.5) is 0 Å². The summed E-state index contributed by atoms with van der Waals surface area (Å²) < 4.78 is 0. The Morgan fingerprint density at radius 2 is 2.06 bits per heavy atom. The number of hydrogen-bond donors (Lipinski definition) is 2. The highest BCUT2D eigenvalue weighted by Crippen LogP contribution is 2.15. The average molecular weight is 243 g/mol. The van der Waals surface area contributed by atoms with E-state index in [-0.39, 0.29) is 5.91 Å². The zero-order chi connectivity index (χ0) is 12.8. The van der Waals surface area contributed by atoms with Crippen LogP contribution in [-0.4, -0.2) is 24.0 Å². The first-order chi connectivity index (χ1) is 8.77. The highest BCUT2D eigenvalue weighted by Gasteiger charge is 2.00. The van der Waals surface area contributed by atoms with Gasteiger partial charge in [-0.1, -0.05) is 18.2 Å². The van der Waals surface area contributed by atoms with Crippen molar-refractivity contribution in [2.75, 3.05) is 13.1 Å². The van der Waals surface area contributed by atoms with E-state index in [1.54, 1.807) is 0 Å². The molecule has 0 bridgehead atoms. The van der Waals surface area contributed by atoms with Crippen LogP contribution in [0.25, 0.3) is 10.9 Å². The van der Waals surface area contributed by atoms with E-state index in [9.17, 15) is 4.79 Å². The topological polar surface area (TPSA) is 54.0 Å². The molecule has 1 heterocycles. The minimum Gasteiger partial charge on any atom is -0.355 e. The maximum Gasteiger partial charge on any atom is 0.216 e. The van der Waals surface area contributed by atoms with Gasteiger partial charge in [0.25, 0.3) is 0 Å². The van der Waals surface area contributed by atoms with E-state index in [1.807, 2.05) is 30.5 Å². The summed E-state index contributed by atoms with van der Waals surface area (Å²) in [4.78, 5) is 15.0. The van der Waals surface area contributed by atoms with Crippen molar-refractivity contribution in [3.8, 4) is 0 Å². The quantitative estimate of drug-likeness (QED) is 0.782. The number of pyridine rings is 1. The Morgan fingerprint density at radius 1 is 1.22 bits per heavy atom. The second-order valence-corrected chi connectivity index (χ2v) is 4.15. The summed E-state index contributed by atoms with van der Waals surface area (Å²) in [5.41, 5.74) is 2.24. The third-order valence-electron chi connectivity index (χ3n) is 2.73. The van der Waals surface area contributed by atoms with E-state index < -0.39 is 0 Å². The molecule has 1 amide bonds. The Morgan fingerprint density at radius 3 is 2.89 bits per heavy atom. The fourth-order valence-corrected chi connectivity index (χ4v) is 1.86. The van der Waals surface area contributed by atoms with Crippen LogP contribution in [0, 0.1) is 0 Å². The number of carbonyl (C=O) groups is 1. The molecule has 0 unspecified atom stereocenters. The maximum absolute atomic E-state index is 10.7. The molecule has 4 nitrogen and oxygen atoms in total. The predicted octanol–water partition coefficient (Wildman–Crippen LogP) is 1.46. The SMILES string of the molecule is CC(=O)NCCNCc1ccnc2ccccc12. The minimum absolute atomic E-state index is 0.00570. The molecule has 0 aliphatic heterocycles. The summed E-state index contributed by atoms with van der Waals surface area (Å²) >= 11 is 0. The number of amides is 1. The molecule has 2 aromatic rings. The third-order valence-corrected chi connectivity index (χ3v) is 2.73. The normalized spacial score (nSPS) is 10.5. The standard InChI is InChI=1S/C14H17N3O/c1-11(18)16-9-8-15-10-12-6-7-17-14-5-3-2-4-13(12)14/h2-7,15H,8-10H2,1H3,(H,16,18). The van der Waals surface area contributed by atoms with Gasteiger partial charge in [-0.3, -0.25) is 9.78 Å². The molecule has 0 radical (unpaired) electrons. The van der Waals surface area contributed by atoms with Gasteiger partial charge < -0.3 is 10.6 Å². The van der Waals surface area contributed by atoms with E-state index in [2.05, 4.69) is 21.7 Å². The molecule has 1 aromatic carbocycles. The average Bonchev–Trinajstić information content (AvgIpc) is 2.38. The number of para-hydroxylation sites is 1. The first kappa shape index (κ1) is 12.5. The number of hydrogen-bond acceptors (Lipinski definition) is 3. The van der Waals surface area contributed by atoms with Crippen LogP contribution in [0.3, 0.4) is 0 Å². The van der Waals surface area contributed by atoms with Crippen LogP contribution < -0.4 is 10.6 Å². The number of rotatable bonds is 5. The maximum atomic E-state index is 10.7. The lowest BCUT2D eigenvalue weighted by Crippen LogP contribution is -2.29. The summed E-state index contributed by atoms with van der Waals surface area (Å²) in [6.07, 6.45) is 1.83. The Kier molecular flexibility index (Phi) is 4.25. The molecule has 2 N–H and O–H groups in total. The highest BCUT2D eigenvalue weighted by molar-refractivity contribution is 5.81. The molecule has 1 aromatic heterocycles. The van der Waals surface area contributed by atoms with Gasteiger partial charge in [0.1, 0.15) is 0 Å². The zero-order valence-electron chi connectivity index (χ0n) is 10.4. The van der Waals surface area contributed by atoms with Crippen molar-refractivity contribution in [1.29, 1.82) is 0 Å². The minimum atomic E-state index is 0.00570. The van der Waals surface area contributed by atoms with Crippen molar-refractivity contribution in [3.63, 3.8) is 0 Å². The Hall–Kier alpha value is -1.94.